The van der Waals surface area contributed by atoms with Crippen LogP contribution < -0.4 is 9.62 Å². The molecule has 0 radical (unpaired) electrons. The predicted molar refractivity (Wildman–Crippen MR) is 90.0 cm³/mol. The summed E-state index contributed by atoms with van der Waals surface area (Å²) in [5.74, 6) is 0.870. The summed E-state index contributed by atoms with van der Waals surface area (Å²) in [4.78, 5) is 10.3. The van der Waals surface area contributed by atoms with E-state index in [2.05, 4.69) is 33.4 Å². The number of nitrogens with one attached hydrogen (secondary N) is 1. The third-order valence-corrected chi connectivity index (χ3v) is 5.34. The lowest BCUT2D eigenvalue weighted by Crippen LogP contribution is -2.25. The van der Waals surface area contributed by atoms with Gasteiger partial charge >= 0.3 is 0 Å². The molecule has 0 atom stereocenters. The van der Waals surface area contributed by atoms with Crippen molar-refractivity contribution < 1.29 is 8.42 Å². The van der Waals surface area contributed by atoms with Gasteiger partial charge in [0.25, 0.3) is 10.0 Å². The largest absolute Gasteiger partial charge is 0.357 e. The summed E-state index contributed by atoms with van der Waals surface area (Å²) in [6, 6.07) is 3.73. The fourth-order valence-corrected chi connectivity index (χ4v) is 3.52. The number of halogens is 1. The van der Waals surface area contributed by atoms with Gasteiger partial charge in [-0.25, -0.2) is 23.1 Å². The van der Waals surface area contributed by atoms with Gasteiger partial charge < -0.3 is 9.47 Å². The first-order valence-electron chi connectivity index (χ1n) is 7.25. The fourth-order valence-electron chi connectivity index (χ4n) is 2.08. The van der Waals surface area contributed by atoms with E-state index in [1.165, 1.54) is 10.9 Å². The molecule has 9 heteroatoms. The second kappa shape index (κ2) is 7.29. The van der Waals surface area contributed by atoms with Crippen LogP contribution in [-0.2, 0) is 23.6 Å². The smallest absolute Gasteiger partial charge is 0.261 e. The van der Waals surface area contributed by atoms with E-state index in [9.17, 15) is 8.42 Å². The van der Waals surface area contributed by atoms with Gasteiger partial charge in [0.2, 0.25) is 5.03 Å². The molecule has 0 aliphatic rings. The lowest BCUT2D eigenvalue weighted by Gasteiger charge is -2.19. The summed E-state index contributed by atoms with van der Waals surface area (Å²) in [5, 5.41) is -0.0955. The minimum atomic E-state index is -3.76. The number of hydrogen-bond donors (Lipinski definition) is 1. The van der Waals surface area contributed by atoms with E-state index in [1.807, 2.05) is 12.1 Å². The molecule has 0 saturated heterocycles. The Bertz CT molecular complexity index is 754. The fraction of sp³-hybridized carbons (Fsp3) is 0.429. The first-order chi connectivity index (χ1) is 10.9. The summed E-state index contributed by atoms with van der Waals surface area (Å²) in [7, 11) is -2.13. The van der Waals surface area contributed by atoms with E-state index >= 15 is 0 Å². The number of aryl methyl sites for hydroxylation is 1. The highest BCUT2D eigenvalue weighted by Crippen LogP contribution is 2.18. The van der Waals surface area contributed by atoms with Gasteiger partial charge in [0.15, 0.2) is 0 Å². The van der Waals surface area contributed by atoms with Crippen LogP contribution >= 0.6 is 11.6 Å². The van der Waals surface area contributed by atoms with Gasteiger partial charge in [0.1, 0.15) is 11.0 Å². The number of aromatic nitrogens is 3. The monoisotopic (exact) mass is 357 g/mol. The summed E-state index contributed by atoms with van der Waals surface area (Å²) in [6.07, 6.45) is 3.02. The Morgan fingerprint density at radius 3 is 2.43 bits per heavy atom. The standard InChI is InChI=1S/C14H20ClN5O2S/c1-4-20(5-2)12-7-6-11(8-16-12)9-18-23(21,22)14-13(15)19(3)10-17-14/h6-8,10,18H,4-5,9H2,1-3H3. The molecule has 0 unspecified atom stereocenters. The van der Waals surface area contributed by atoms with Gasteiger partial charge in [0, 0.05) is 32.9 Å². The van der Waals surface area contributed by atoms with Crippen molar-refractivity contribution in [2.75, 3.05) is 18.0 Å². The zero-order valence-electron chi connectivity index (χ0n) is 13.3. The van der Waals surface area contributed by atoms with Gasteiger partial charge in [-0.15, -0.1) is 0 Å². The molecule has 23 heavy (non-hydrogen) atoms. The van der Waals surface area contributed by atoms with Gasteiger partial charge in [-0.3, -0.25) is 0 Å². The Kier molecular flexibility index (Phi) is 5.61. The quantitative estimate of drug-likeness (QED) is 0.817. The van der Waals surface area contributed by atoms with Gasteiger partial charge in [-0.1, -0.05) is 17.7 Å². The molecule has 0 aromatic carbocycles. The normalized spacial score (nSPS) is 11.7. The van der Waals surface area contributed by atoms with Crippen LogP contribution in [0.15, 0.2) is 29.7 Å². The first-order valence-corrected chi connectivity index (χ1v) is 9.11. The molecule has 1 N–H and O–H groups in total. The van der Waals surface area contributed by atoms with Crippen LogP contribution in [0, 0.1) is 0 Å². The number of hydrogen-bond acceptors (Lipinski definition) is 5. The topological polar surface area (TPSA) is 80.1 Å². The number of anilines is 1. The number of nitrogens with zero attached hydrogens (tertiary/aromatic N) is 4. The Labute approximate surface area is 141 Å². The number of sulfonamides is 1. The van der Waals surface area contributed by atoms with Crippen LogP contribution in [0.4, 0.5) is 5.82 Å². The van der Waals surface area contributed by atoms with E-state index in [1.54, 1.807) is 13.2 Å². The molecular weight excluding hydrogens is 338 g/mol. The Balaban J connectivity index is 2.07. The summed E-state index contributed by atoms with van der Waals surface area (Å²) in [5.41, 5.74) is 0.761. The average molecular weight is 358 g/mol. The average Bonchev–Trinajstić information content (AvgIpc) is 2.88. The minimum absolute atomic E-state index is 0.0764. The highest BCUT2D eigenvalue weighted by molar-refractivity contribution is 7.89. The van der Waals surface area contributed by atoms with Gasteiger partial charge in [0.05, 0.1) is 6.33 Å². The molecule has 2 heterocycles. The van der Waals surface area contributed by atoms with Crippen molar-refractivity contribution in [3.63, 3.8) is 0 Å². The van der Waals surface area contributed by atoms with Crippen molar-refractivity contribution in [2.24, 2.45) is 7.05 Å². The molecule has 0 bridgehead atoms. The third kappa shape index (κ3) is 4.01. The molecular formula is C14H20ClN5O2S. The SMILES string of the molecule is CCN(CC)c1ccc(CNS(=O)(=O)c2ncn(C)c2Cl)cn1. The van der Waals surface area contributed by atoms with Crippen molar-refractivity contribution >= 4 is 27.4 Å². The van der Waals surface area contributed by atoms with Crippen molar-refractivity contribution in [2.45, 2.75) is 25.4 Å². The van der Waals surface area contributed by atoms with Crippen LogP contribution in [0.1, 0.15) is 19.4 Å². The lowest BCUT2D eigenvalue weighted by molar-refractivity contribution is 0.578. The molecule has 0 amide bonds. The van der Waals surface area contributed by atoms with Crippen molar-refractivity contribution in [1.82, 2.24) is 19.3 Å². The highest BCUT2D eigenvalue weighted by Gasteiger charge is 2.21. The molecule has 2 aromatic rings. The molecule has 0 spiro atoms. The molecule has 2 aromatic heterocycles. The highest BCUT2D eigenvalue weighted by atomic mass is 35.5. The lowest BCUT2D eigenvalue weighted by atomic mass is 10.3. The van der Waals surface area contributed by atoms with Crippen molar-refractivity contribution in [3.8, 4) is 0 Å². The summed E-state index contributed by atoms with van der Waals surface area (Å²) >= 11 is 5.93. The maximum Gasteiger partial charge on any atom is 0.261 e. The molecule has 0 aliphatic carbocycles. The molecule has 2 rings (SSSR count). The van der Waals surface area contributed by atoms with E-state index < -0.39 is 10.0 Å². The maximum atomic E-state index is 12.2. The van der Waals surface area contributed by atoms with Gasteiger partial charge in [-0.05, 0) is 25.5 Å². The molecule has 0 saturated carbocycles. The summed E-state index contributed by atoms with van der Waals surface area (Å²) in [6.45, 7) is 5.98. The molecule has 0 fully saturated rings. The molecule has 126 valence electrons. The van der Waals surface area contributed by atoms with Crippen molar-refractivity contribution in [3.05, 3.63) is 35.4 Å². The maximum absolute atomic E-state index is 12.2. The number of rotatable bonds is 7. The Morgan fingerprint density at radius 1 is 1.26 bits per heavy atom. The van der Waals surface area contributed by atoms with Crippen LogP contribution in [0.3, 0.4) is 0 Å². The molecule has 0 aliphatic heterocycles. The summed E-state index contributed by atoms with van der Waals surface area (Å²) < 4.78 is 28.3. The second-order valence-electron chi connectivity index (χ2n) is 4.97. The third-order valence-electron chi connectivity index (χ3n) is 3.45. The van der Waals surface area contributed by atoms with Gasteiger partial charge in [-0.2, -0.15) is 0 Å². The second-order valence-corrected chi connectivity index (χ2v) is 7.01. The Hall–Kier alpha value is -1.64. The van der Waals surface area contributed by atoms with Crippen LogP contribution in [0.5, 0.6) is 0 Å². The predicted octanol–water partition coefficient (Wildman–Crippen LogP) is 1.79. The van der Waals surface area contributed by atoms with Crippen LogP contribution in [0.25, 0.3) is 0 Å². The Morgan fingerprint density at radius 2 is 1.96 bits per heavy atom. The number of imidazole rings is 1. The van der Waals surface area contributed by atoms with Crippen LogP contribution in [-0.4, -0.2) is 36.0 Å². The van der Waals surface area contributed by atoms with E-state index in [-0.39, 0.29) is 16.7 Å². The minimum Gasteiger partial charge on any atom is -0.357 e. The molecule has 7 nitrogen and oxygen atoms in total. The zero-order valence-corrected chi connectivity index (χ0v) is 14.9. The van der Waals surface area contributed by atoms with E-state index in [4.69, 9.17) is 11.6 Å². The van der Waals surface area contributed by atoms with Crippen LogP contribution in [0.2, 0.25) is 5.15 Å². The first kappa shape index (κ1) is 17.7. The zero-order chi connectivity index (χ0) is 17.0. The van der Waals surface area contributed by atoms with E-state index in [0.29, 0.717) is 0 Å². The van der Waals surface area contributed by atoms with Crippen molar-refractivity contribution in [1.29, 1.82) is 0 Å². The number of pyridine rings is 1. The van der Waals surface area contributed by atoms with E-state index in [0.717, 1.165) is 24.5 Å².